The SMILES string of the molecule is COC(=O)c1ccc(NC/C=C/CNc2ccccc2N)c(N)c1. The molecule has 2 aromatic rings. The molecular formula is C18H22N4O2. The van der Waals surface area contributed by atoms with E-state index < -0.39 is 5.97 Å². The van der Waals surface area contributed by atoms with Crippen molar-refractivity contribution in [2.24, 2.45) is 0 Å². The number of nitrogen functional groups attached to an aromatic ring is 2. The first-order valence-corrected chi connectivity index (χ1v) is 7.57. The van der Waals surface area contributed by atoms with Crippen LogP contribution >= 0.6 is 0 Å². The second-order valence-corrected chi connectivity index (χ2v) is 5.11. The summed E-state index contributed by atoms with van der Waals surface area (Å²) in [5.74, 6) is -0.403. The lowest BCUT2D eigenvalue weighted by atomic mass is 10.1. The van der Waals surface area contributed by atoms with Crippen LogP contribution in [-0.4, -0.2) is 26.2 Å². The number of carbonyl (C=O) groups is 1. The van der Waals surface area contributed by atoms with Crippen LogP contribution in [0.25, 0.3) is 0 Å². The highest BCUT2D eigenvalue weighted by Crippen LogP contribution is 2.20. The van der Waals surface area contributed by atoms with Gasteiger partial charge in [0.25, 0.3) is 0 Å². The number of benzene rings is 2. The average molecular weight is 326 g/mol. The number of hydrogen-bond acceptors (Lipinski definition) is 6. The first-order chi connectivity index (χ1) is 11.6. The highest BCUT2D eigenvalue weighted by atomic mass is 16.5. The lowest BCUT2D eigenvalue weighted by Crippen LogP contribution is -2.06. The highest BCUT2D eigenvalue weighted by Gasteiger charge is 2.07. The van der Waals surface area contributed by atoms with Crippen LogP contribution in [0.2, 0.25) is 0 Å². The normalized spacial score (nSPS) is 10.5. The summed E-state index contributed by atoms with van der Waals surface area (Å²) in [4.78, 5) is 11.4. The van der Waals surface area contributed by atoms with E-state index in [0.29, 0.717) is 24.3 Å². The Morgan fingerprint density at radius 3 is 2.21 bits per heavy atom. The molecule has 0 aliphatic carbocycles. The van der Waals surface area contributed by atoms with E-state index in [2.05, 4.69) is 15.4 Å². The molecule has 0 amide bonds. The van der Waals surface area contributed by atoms with Crippen molar-refractivity contribution < 1.29 is 9.53 Å². The van der Waals surface area contributed by atoms with Crippen LogP contribution < -0.4 is 22.1 Å². The van der Waals surface area contributed by atoms with Crippen molar-refractivity contribution in [2.45, 2.75) is 0 Å². The molecule has 2 aromatic carbocycles. The van der Waals surface area contributed by atoms with Crippen molar-refractivity contribution in [3.8, 4) is 0 Å². The average Bonchev–Trinajstić information content (AvgIpc) is 2.59. The van der Waals surface area contributed by atoms with Gasteiger partial charge in [0.2, 0.25) is 0 Å². The molecule has 0 saturated heterocycles. The van der Waals surface area contributed by atoms with Gasteiger partial charge in [0.1, 0.15) is 0 Å². The van der Waals surface area contributed by atoms with E-state index in [1.807, 2.05) is 36.4 Å². The first kappa shape index (κ1) is 17.2. The van der Waals surface area contributed by atoms with Crippen LogP contribution in [0.15, 0.2) is 54.6 Å². The van der Waals surface area contributed by atoms with Crippen LogP contribution in [-0.2, 0) is 4.74 Å². The van der Waals surface area contributed by atoms with E-state index in [-0.39, 0.29) is 0 Å². The Kier molecular flexibility index (Phi) is 6.08. The van der Waals surface area contributed by atoms with Gasteiger partial charge in [-0.15, -0.1) is 0 Å². The highest BCUT2D eigenvalue weighted by molar-refractivity contribution is 5.91. The van der Waals surface area contributed by atoms with Crippen molar-refractivity contribution in [1.82, 2.24) is 0 Å². The third-order valence-electron chi connectivity index (χ3n) is 3.42. The predicted molar refractivity (Wildman–Crippen MR) is 99.2 cm³/mol. The number of para-hydroxylation sites is 2. The monoisotopic (exact) mass is 326 g/mol. The summed E-state index contributed by atoms with van der Waals surface area (Å²) in [5, 5.41) is 6.42. The number of nitrogens with one attached hydrogen (secondary N) is 2. The van der Waals surface area contributed by atoms with Gasteiger partial charge in [-0.3, -0.25) is 0 Å². The predicted octanol–water partition coefficient (Wildman–Crippen LogP) is 2.72. The second-order valence-electron chi connectivity index (χ2n) is 5.11. The number of rotatable bonds is 7. The smallest absolute Gasteiger partial charge is 0.337 e. The van der Waals surface area contributed by atoms with Gasteiger partial charge in [0.05, 0.1) is 35.4 Å². The van der Waals surface area contributed by atoms with Crippen LogP contribution in [0.3, 0.4) is 0 Å². The Morgan fingerprint density at radius 2 is 1.62 bits per heavy atom. The molecule has 0 heterocycles. The zero-order chi connectivity index (χ0) is 17.4. The van der Waals surface area contributed by atoms with Crippen molar-refractivity contribution >= 4 is 28.7 Å². The molecule has 0 unspecified atom stereocenters. The van der Waals surface area contributed by atoms with Crippen LogP contribution in [0.5, 0.6) is 0 Å². The standard InChI is InChI=1S/C18H22N4O2/c1-24-18(23)13-8-9-17(15(20)12-13)22-11-5-4-10-21-16-7-3-2-6-14(16)19/h2-9,12,21-22H,10-11,19-20H2,1H3/b5-4+. The van der Waals surface area contributed by atoms with Gasteiger partial charge in [-0.05, 0) is 30.3 Å². The molecule has 0 atom stereocenters. The molecular weight excluding hydrogens is 304 g/mol. The molecule has 0 spiro atoms. The van der Waals surface area contributed by atoms with E-state index in [0.717, 1.165) is 17.1 Å². The Bertz CT molecular complexity index is 729. The minimum Gasteiger partial charge on any atom is -0.465 e. The summed E-state index contributed by atoms with van der Waals surface area (Å²) < 4.78 is 4.66. The van der Waals surface area contributed by atoms with Gasteiger partial charge in [-0.1, -0.05) is 24.3 Å². The van der Waals surface area contributed by atoms with Crippen LogP contribution in [0.4, 0.5) is 22.7 Å². The Hall–Kier alpha value is -3.15. The Morgan fingerprint density at radius 1 is 1.00 bits per heavy atom. The van der Waals surface area contributed by atoms with Gasteiger partial charge in [-0.2, -0.15) is 0 Å². The number of nitrogens with two attached hydrogens (primary N) is 2. The molecule has 0 bridgehead atoms. The molecule has 0 fully saturated rings. The largest absolute Gasteiger partial charge is 0.465 e. The Labute approximate surface area is 141 Å². The van der Waals surface area contributed by atoms with E-state index in [1.54, 1.807) is 18.2 Å². The molecule has 126 valence electrons. The topological polar surface area (TPSA) is 102 Å². The maximum atomic E-state index is 11.4. The van der Waals surface area contributed by atoms with Crippen molar-refractivity contribution in [2.75, 3.05) is 42.3 Å². The van der Waals surface area contributed by atoms with Crippen molar-refractivity contribution in [3.63, 3.8) is 0 Å². The number of carbonyl (C=O) groups excluding carboxylic acids is 1. The van der Waals surface area contributed by atoms with E-state index in [1.165, 1.54) is 7.11 Å². The fraction of sp³-hybridized carbons (Fsp3) is 0.167. The van der Waals surface area contributed by atoms with Crippen LogP contribution in [0.1, 0.15) is 10.4 Å². The summed E-state index contributed by atoms with van der Waals surface area (Å²) >= 11 is 0. The number of hydrogen-bond donors (Lipinski definition) is 4. The van der Waals surface area contributed by atoms with Gasteiger partial charge in [0, 0.05) is 13.1 Å². The number of methoxy groups -OCH3 is 1. The zero-order valence-corrected chi connectivity index (χ0v) is 13.6. The minimum atomic E-state index is -0.403. The van der Waals surface area contributed by atoms with Crippen molar-refractivity contribution in [3.05, 3.63) is 60.2 Å². The molecule has 2 rings (SSSR count). The quantitative estimate of drug-likeness (QED) is 0.354. The first-order valence-electron chi connectivity index (χ1n) is 7.57. The molecule has 0 aliphatic rings. The number of ether oxygens (including phenoxy) is 1. The summed E-state index contributed by atoms with van der Waals surface area (Å²) in [7, 11) is 1.34. The summed E-state index contributed by atoms with van der Waals surface area (Å²) in [6.07, 6.45) is 3.98. The third kappa shape index (κ3) is 4.67. The molecule has 0 radical (unpaired) electrons. The van der Waals surface area contributed by atoms with Gasteiger partial charge in [-0.25, -0.2) is 4.79 Å². The molecule has 0 aromatic heterocycles. The van der Waals surface area contributed by atoms with Crippen LogP contribution in [0, 0.1) is 0 Å². The molecule has 6 N–H and O–H groups in total. The third-order valence-corrected chi connectivity index (χ3v) is 3.42. The molecule has 0 aliphatic heterocycles. The summed E-state index contributed by atoms with van der Waals surface area (Å²) in [6, 6.07) is 12.7. The van der Waals surface area contributed by atoms with E-state index >= 15 is 0 Å². The number of anilines is 4. The minimum absolute atomic E-state index is 0.403. The lowest BCUT2D eigenvalue weighted by molar-refractivity contribution is 0.0601. The zero-order valence-electron chi connectivity index (χ0n) is 13.6. The van der Waals surface area contributed by atoms with Crippen molar-refractivity contribution in [1.29, 1.82) is 0 Å². The summed E-state index contributed by atoms with van der Waals surface area (Å²) in [5.41, 5.74) is 15.1. The lowest BCUT2D eigenvalue weighted by Gasteiger charge is -2.09. The summed E-state index contributed by atoms with van der Waals surface area (Å²) in [6.45, 7) is 1.29. The van der Waals surface area contributed by atoms with Gasteiger partial charge >= 0.3 is 5.97 Å². The number of esters is 1. The fourth-order valence-corrected chi connectivity index (χ4v) is 2.13. The fourth-order valence-electron chi connectivity index (χ4n) is 2.13. The molecule has 6 heteroatoms. The second kappa shape index (κ2) is 8.47. The maximum absolute atomic E-state index is 11.4. The van der Waals surface area contributed by atoms with Gasteiger partial charge < -0.3 is 26.8 Å². The van der Waals surface area contributed by atoms with Gasteiger partial charge in [0.15, 0.2) is 0 Å². The Balaban J connectivity index is 1.79. The van der Waals surface area contributed by atoms with E-state index in [9.17, 15) is 4.79 Å². The molecule has 0 saturated carbocycles. The maximum Gasteiger partial charge on any atom is 0.337 e. The van der Waals surface area contributed by atoms with E-state index in [4.69, 9.17) is 11.5 Å². The molecule has 24 heavy (non-hydrogen) atoms. The molecule has 6 nitrogen and oxygen atoms in total.